The first-order chi connectivity index (χ1) is 17.2. The minimum Gasteiger partial charge on any atom is -0.324 e. The summed E-state index contributed by atoms with van der Waals surface area (Å²) in [5.74, 6) is -0.446. The predicted octanol–water partition coefficient (Wildman–Crippen LogP) is 2.92. The molecule has 0 aliphatic heterocycles. The van der Waals surface area contributed by atoms with Gasteiger partial charge in [-0.1, -0.05) is 50.2 Å². The van der Waals surface area contributed by atoms with Gasteiger partial charge in [-0.2, -0.15) is 0 Å². The van der Waals surface area contributed by atoms with E-state index in [1.807, 2.05) is 44.2 Å². The highest BCUT2D eigenvalue weighted by atomic mass is 16.6. The van der Waals surface area contributed by atoms with Crippen LogP contribution < -0.4 is 16.6 Å². The molecule has 2 aromatic carbocycles. The number of nitrogens with one attached hydrogen (secondary N) is 1. The van der Waals surface area contributed by atoms with Gasteiger partial charge < -0.3 is 9.88 Å². The fraction of sp³-hybridized carbons (Fsp3) is 0.280. The highest BCUT2D eigenvalue weighted by Crippen LogP contribution is 2.22. The van der Waals surface area contributed by atoms with Gasteiger partial charge in [0, 0.05) is 23.9 Å². The van der Waals surface area contributed by atoms with E-state index in [9.17, 15) is 24.5 Å². The maximum absolute atomic E-state index is 13.4. The maximum Gasteiger partial charge on any atom is 0.333 e. The quantitative estimate of drug-likeness (QED) is 0.298. The van der Waals surface area contributed by atoms with E-state index in [1.54, 1.807) is 11.5 Å². The molecule has 2 heterocycles. The highest BCUT2D eigenvalue weighted by Gasteiger charge is 2.21. The molecule has 0 bridgehead atoms. The third-order valence-corrected chi connectivity index (χ3v) is 5.72. The van der Waals surface area contributed by atoms with Gasteiger partial charge in [-0.05, 0) is 24.5 Å². The summed E-state index contributed by atoms with van der Waals surface area (Å²) in [6.45, 7) is 5.71. The number of aromatic nitrogens is 4. The molecule has 0 aliphatic rings. The Morgan fingerprint density at radius 3 is 2.50 bits per heavy atom. The Bertz CT molecular complexity index is 1570. The van der Waals surface area contributed by atoms with Crippen molar-refractivity contribution in [1.29, 1.82) is 0 Å². The summed E-state index contributed by atoms with van der Waals surface area (Å²) in [5, 5.41) is 13.8. The number of hydrogen-bond donors (Lipinski definition) is 1. The second-order valence-corrected chi connectivity index (χ2v) is 9.02. The molecule has 0 saturated carbocycles. The predicted molar refractivity (Wildman–Crippen MR) is 135 cm³/mol. The van der Waals surface area contributed by atoms with E-state index in [2.05, 4.69) is 10.3 Å². The largest absolute Gasteiger partial charge is 0.333 e. The molecule has 11 heteroatoms. The Kier molecular flexibility index (Phi) is 6.82. The number of nitro groups is 1. The third kappa shape index (κ3) is 4.95. The van der Waals surface area contributed by atoms with Crippen LogP contribution in [0.4, 0.5) is 11.4 Å². The van der Waals surface area contributed by atoms with Gasteiger partial charge in [0.2, 0.25) is 5.91 Å². The zero-order chi connectivity index (χ0) is 26.0. The molecule has 2 aromatic heterocycles. The Morgan fingerprint density at radius 1 is 1.11 bits per heavy atom. The molecule has 0 aliphatic carbocycles. The van der Waals surface area contributed by atoms with Crippen molar-refractivity contribution in [2.45, 2.75) is 40.4 Å². The average molecular weight is 491 g/mol. The van der Waals surface area contributed by atoms with Gasteiger partial charge in [-0.25, -0.2) is 14.3 Å². The number of benzene rings is 2. The van der Waals surface area contributed by atoms with Crippen LogP contribution in [0, 0.1) is 23.0 Å². The van der Waals surface area contributed by atoms with E-state index >= 15 is 0 Å². The summed E-state index contributed by atoms with van der Waals surface area (Å²) >= 11 is 0. The van der Waals surface area contributed by atoms with Crippen molar-refractivity contribution >= 4 is 28.4 Å². The van der Waals surface area contributed by atoms with Crippen LogP contribution in [-0.2, 0) is 24.4 Å². The zero-order valence-electron chi connectivity index (χ0n) is 20.2. The summed E-state index contributed by atoms with van der Waals surface area (Å²) < 4.78 is 3.95. The average Bonchev–Trinajstić information content (AvgIpc) is 3.24. The number of carbonyl (C=O) groups is 1. The molecule has 0 unspecified atom stereocenters. The molecule has 0 saturated heterocycles. The molecular formula is C25H26N6O5. The molecule has 186 valence electrons. The lowest BCUT2D eigenvalue weighted by Crippen LogP contribution is -2.43. The maximum atomic E-state index is 13.4. The van der Waals surface area contributed by atoms with Crippen LogP contribution in [-0.4, -0.2) is 29.5 Å². The molecule has 1 N–H and O–H groups in total. The molecule has 0 fully saturated rings. The second-order valence-electron chi connectivity index (χ2n) is 9.02. The number of anilines is 1. The van der Waals surface area contributed by atoms with Gasteiger partial charge in [-0.3, -0.25) is 24.3 Å². The summed E-state index contributed by atoms with van der Waals surface area (Å²) in [5.41, 5.74) is 0.523. The minimum atomic E-state index is -0.670. The molecule has 1 amide bonds. The number of nitro benzene ring substituents is 1. The summed E-state index contributed by atoms with van der Waals surface area (Å²) in [6.07, 6.45) is 1.53. The van der Waals surface area contributed by atoms with E-state index in [-0.39, 0.29) is 35.0 Å². The van der Waals surface area contributed by atoms with Gasteiger partial charge >= 0.3 is 5.69 Å². The number of carbonyl (C=O) groups excluding carboxylic acids is 1. The number of aryl methyl sites for hydroxylation is 1. The topological polar surface area (TPSA) is 134 Å². The highest BCUT2D eigenvalue weighted by molar-refractivity contribution is 5.91. The minimum absolute atomic E-state index is 0.144. The van der Waals surface area contributed by atoms with Crippen molar-refractivity contribution in [2.75, 3.05) is 5.32 Å². The summed E-state index contributed by atoms with van der Waals surface area (Å²) in [4.78, 5) is 54.7. The number of fused-ring (bicyclic) bond motifs is 1. The van der Waals surface area contributed by atoms with Gasteiger partial charge in [0.05, 0.1) is 17.8 Å². The Labute approximate surface area is 205 Å². The number of imidazole rings is 1. The Morgan fingerprint density at radius 2 is 1.83 bits per heavy atom. The Hall–Kier alpha value is -4.54. The molecule has 36 heavy (non-hydrogen) atoms. The first kappa shape index (κ1) is 24.6. The molecule has 4 aromatic rings. The first-order valence-corrected chi connectivity index (χ1v) is 11.4. The van der Waals surface area contributed by atoms with Crippen molar-refractivity contribution in [3.05, 3.63) is 96.9 Å². The van der Waals surface area contributed by atoms with Crippen LogP contribution in [0.15, 0.2) is 64.4 Å². The van der Waals surface area contributed by atoms with E-state index in [4.69, 9.17) is 0 Å². The number of rotatable bonds is 8. The second kappa shape index (κ2) is 9.98. The summed E-state index contributed by atoms with van der Waals surface area (Å²) in [6, 6.07) is 13.6. The van der Waals surface area contributed by atoms with Crippen LogP contribution in [0.3, 0.4) is 0 Å². The van der Waals surface area contributed by atoms with Crippen LogP contribution >= 0.6 is 0 Å². The van der Waals surface area contributed by atoms with Crippen molar-refractivity contribution in [3.8, 4) is 0 Å². The van der Waals surface area contributed by atoms with Crippen LogP contribution in [0.25, 0.3) is 11.2 Å². The normalized spacial score (nSPS) is 11.2. The monoisotopic (exact) mass is 490 g/mol. The van der Waals surface area contributed by atoms with Crippen molar-refractivity contribution in [2.24, 2.45) is 5.92 Å². The fourth-order valence-corrected chi connectivity index (χ4v) is 4.05. The van der Waals surface area contributed by atoms with Gasteiger partial charge in [0.15, 0.2) is 11.2 Å². The molecule has 11 nitrogen and oxygen atoms in total. The van der Waals surface area contributed by atoms with E-state index in [0.717, 1.165) is 10.1 Å². The van der Waals surface area contributed by atoms with Crippen molar-refractivity contribution in [1.82, 2.24) is 18.7 Å². The molecule has 4 rings (SSSR count). The third-order valence-electron chi connectivity index (χ3n) is 5.72. The number of hydrogen-bond acceptors (Lipinski definition) is 6. The summed E-state index contributed by atoms with van der Waals surface area (Å²) in [7, 11) is 0. The van der Waals surface area contributed by atoms with E-state index in [1.165, 1.54) is 29.1 Å². The number of nitrogens with zero attached hydrogens (tertiary/aromatic N) is 5. The van der Waals surface area contributed by atoms with Crippen LogP contribution in [0.2, 0.25) is 0 Å². The van der Waals surface area contributed by atoms with Crippen molar-refractivity contribution < 1.29 is 9.72 Å². The van der Waals surface area contributed by atoms with Gasteiger partial charge in [0.1, 0.15) is 6.54 Å². The smallest absolute Gasteiger partial charge is 0.324 e. The first-order valence-electron chi connectivity index (χ1n) is 11.4. The fourth-order valence-electron chi connectivity index (χ4n) is 4.05. The Balaban J connectivity index is 1.76. The standard InChI is InChI=1S/C25H26N6O5/c1-16(2)12-28-15-26-23-22(28)24(33)30(25(34)29(23)13-18-7-5-4-6-8-18)14-21(32)27-19-10-9-17(3)20(11-19)31(35)36/h4-11,15-16H,12-14H2,1-3H3,(H,27,32). The lowest BCUT2D eigenvalue weighted by atomic mass is 10.2. The van der Waals surface area contributed by atoms with Gasteiger partial charge in [0.25, 0.3) is 11.2 Å². The zero-order valence-corrected chi connectivity index (χ0v) is 20.2. The lowest BCUT2D eigenvalue weighted by molar-refractivity contribution is -0.385. The van der Waals surface area contributed by atoms with Crippen LogP contribution in [0.5, 0.6) is 0 Å². The molecular weight excluding hydrogens is 464 g/mol. The molecule has 0 radical (unpaired) electrons. The van der Waals surface area contributed by atoms with E-state index < -0.39 is 28.6 Å². The van der Waals surface area contributed by atoms with Crippen LogP contribution in [0.1, 0.15) is 25.0 Å². The van der Waals surface area contributed by atoms with E-state index in [0.29, 0.717) is 12.1 Å². The lowest BCUT2D eigenvalue weighted by Gasteiger charge is -2.14. The van der Waals surface area contributed by atoms with Crippen molar-refractivity contribution in [3.63, 3.8) is 0 Å². The molecule has 0 spiro atoms. The molecule has 0 atom stereocenters. The SMILES string of the molecule is Cc1ccc(NC(=O)Cn2c(=O)c3c(ncn3CC(C)C)n(Cc3ccccc3)c2=O)cc1[N+](=O)[O-]. The number of amides is 1. The van der Waals surface area contributed by atoms with Gasteiger partial charge in [-0.15, -0.1) is 0 Å².